The van der Waals surface area contributed by atoms with Crippen molar-refractivity contribution in [1.82, 2.24) is 0 Å². The summed E-state index contributed by atoms with van der Waals surface area (Å²) in [5.41, 5.74) is -0.576. The number of hydrogen-bond donors (Lipinski definition) is 2. The van der Waals surface area contributed by atoms with Gasteiger partial charge < -0.3 is 29.2 Å². The summed E-state index contributed by atoms with van der Waals surface area (Å²) in [6, 6.07) is 14.9. The highest BCUT2D eigenvalue weighted by Gasteiger charge is 2.43. The van der Waals surface area contributed by atoms with E-state index in [1.54, 1.807) is 71.9 Å². The van der Waals surface area contributed by atoms with Crippen LogP contribution in [0.25, 0.3) is 28.3 Å². The van der Waals surface area contributed by atoms with Crippen LogP contribution >= 0.6 is 0 Å². The van der Waals surface area contributed by atoms with E-state index in [0.717, 1.165) is 48.9 Å². The molecule has 4 aromatic rings. The van der Waals surface area contributed by atoms with Gasteiger partial charge in [0.15, 0.2) is 12.2 Å². The molecular weight excluding hydrogens is 819 g/mol. The number of carboxylic acids is 2. The Morgan fingerprint density at radius 1 is 0.677 bits per heavy atom. The number of halogens is 6. The molecule has 2 aliphatic rings. The first-order chi connectivity index (χ1) is 28.8. The molecule has 0 fully saturated rings. The van der Waals surface area contributed by atoms with Gasteiger partial charge in [-0.25, -0.2) is 9.59 Å². The molecule has 334 valence electrons. The van der Waals surface area contributed by atoms with Gasteiger partial charge in [0.2, 0.25) is 0 Å². The minimum absolute atomic E-state index is 0.148. The summed E-state index contributed by atoms with van der Waals surface area (Å²) in [6.07, 6.45) is -8.15. The zero-order valence-corrected chi connectivity index (χ0v) is 35.8. The third-order valence-electron chi connectivity index (χ3n) is 10.1. The number of carbonyl (C=O) groups is 2. The maximum atomic E-state index is 14.0. The third-order valence-corrected chi connectivity index (χ3v) is 10.1. The Labute approximate surface area is 357 Å². The van der Waals surface area contributed by atoms with Crippen molar-refractivity contribution in [3.8, 4) is 33.8 Å². The number of carboxylic acid groups (broad SMARTS) is 2. The summed E-state index contributed by atoms with van der Waals surface area (Å²) in [6.45, 7) is 16.4. The normalized spacial score (nSPS) is 15.1. The molecule has 2 unspecified atom stereocenters. The van der Waals surface area contributed by atoms with Crippen LogP contribution < -0.4 is 9.47 Å². The first-order valence-corrected chi connectivity index (χ1v) is 20.3. The molecule has 4 aromatic carbocycles. The van der Waals surface area contributed by atoms with E-state index < -0.39 is 64.4 Å². The molecule has 0 saturated heterocycles. The van der Waals surface area contributed by atoms with E-state index in [1.807, 2.05) is 13.0 Å². The Morgan fingerprint density at radius 2 is 1.10 bits per heavy atom. The number of aliphatic carboxylic acids is 2. The van der Waals surface area contributed by atoms with Crippen LogP contribution in [0.15, 0.2) is 67.2 Å². The Kier molecular flexibility index (Phi) is 14.3. The minimum atomic E-state index is -4.77. The summed E-state index contributed by atoms with van der Waals surface area (Å²) in [7, 11) is 0. The van der Waals surface area contributed by atoms with Crippen LogP contribution in [0.2, 0.25) is 0 Å². The first-order valence-electron chi connectivity index (χ1n) is 20.3. The fourth-order valence-corrected chi connectivity index (χ4v) is 7.67. The van der Waals surface area contributed by atoms with E-state index in [9.17, 15) is 46.1 Å². The molecule has 2 heterocycles. The molecule has 0 saturated carbocycles. The van der Waals surface area contributed by atoms with E-state index in [2.05, 4.69) is 6.58 Å². The summed E-state index contributed by atoms with van der Waals surface area (Å²) in [5, 5.41) is 19.8. The van der Waals surface area contributed by atoms with Crippen LogP contribution in [0.3, 0.4) is 0 Å². The van der Waals surface area contributed by atoms with Crippen molar-refractivity contribution in [3.63, 3.8) is 0 Å². The number of aryl methyl sites for hydroxylation is 3. The van der Waals surface area contributed by atoms with Crippen molar-refractivity contribution in [2.45, 2.75) is 116 Å². The quantitative estimate of drug-likeness (QED) is 0.152. The van der Waals surface area contributed by atoms with Crippen molar-refractivity contribution >= 4 is 18.0 Å². The Bertz CT molecular complexity index is 2300. The standard InChI is InChI=1S/C24H27F3O4.C24H25F3O4/c2*1-5-14-8-10-17(24(25,26)27)20(21(22(28)29)31-23(2,3)4)19(14)16-9-11-18-15(13-16)7-6-12-30-18/h8-11,13,21H,5-7,12H2,1-4H3,(H,28,29);5,8-11,13,21H,1,6-7,12H2,2-4H3,(H,28,29). The van der Waals surface area contributed by atoms with E-state index >= 15 is 0 Å². The van der Waals surface area contributed by atoms with E-state index in [4.69, 9.17) is 18.9 Å². The number of benzene rings is 4. The lowest BCUT2D eigenvalue weighted by atomic mass is 9.85. The lowest BCUT2D eigenvalue weighted by Gasteiger charge is -2.30. The van der Waals surface area contributed by atoms with Gasteiger partial charge in [-0.1, -0.05) is 43.8 Å². The lowest BCUT2D eigenvalue weighted by Crippen LogP contribution is -2.29. The van der Waals surface area contributed by atoms with E-state index in [1.165, 1.54) is 18.2 Å². The van der Waals surface area contributed by atoms with Crippen LogP contribution in [-0.2, 0) is 50.7 Å². The van der Waals surface area contributed by atoms with Gasteiger partial charge in [0.1, 0.15) is 11.5 Å². The fourth-order valence-electron chi connectivity index (χ4n) is 7.67. The molecule has 6 rings (SSSR count). The number of alkyl halides is 6. The molecule has 0 aromatic heterocycles. The summed E-state index contributed by atoms with van der Waals surface area (Å²) in [5.74, 6) is -1.56. The summed E-state index contributed by atoms with van der Waals surface area (Å²) >= 11 is 0. The first kappa shape index (κ1) is 47.7. The van der Waals surface area contributed by atoms with Gasteiger partial charge in [-0.05, 0) is 155 Å². The average Bonchev–Trinajstić information content (AvgIpc) is 3.19. The maximum Gasteiger partial charge on any atom is 0.416 e. The van der Waals surface area contributed by atoms with Crippen molar-refractivity contribution in [1.29, 1.82) is 0 Å². The van der Waals surface area contributed by atoms with Gasteiger partial charge in [0, 0.05) is 11.1 Å². The van der Waals surface area contributed by atoms with Gasteiger partial charge in [-0.3, -0.25) is 0 Å². The topological polar surface area (TPSA) is 112 Å². The maximum absolute atomic E-state index is 14.0. The molecule has 62 heavy (non-hydrogen) atoms. The number of fused-ring (bicyclic) bond motifs is 2. The van der Waals surface area contributed by atoms with Crippen LogP contribution in [0, 0.1) is 0 Å². The Morgan fingerprint density at radius 3 is 1.48 bits per heavy atom. The second-order valence-electron chi connectivity index (χ2n) is 17.1. The molecule has 0 spiro atoms. The molecule has 2 atom stereocenters. The molecule has 8 nitrogen and oxygen atoms in total. The van der Waals surface area contributed by atoms with Crippen LogP contribution in [0.4, 0.5) is 26.3 Å². The van der Waals surface area contributed by atoms with Crippen molar-refractivity contribution in [2.75, 3.05) is 13.2 Å². The SMILES string of the molecule is C=Cc1ccc(C(F)(F)F)c(C(OC(C)(C)C)C(=O)O)c1-c1ccc2c(c1)CCCO2.CCc1ccc(C(F)(F)F)c(C(OC(C)(C)C)C(=O)O)c1-c1ccc2c(c1)CCCO2. The molecular formula is C48H52F6O8. The smallest absolute Gasteiger partial charge is 0.416 e. The zero-order valence-electron chi connectivity index (χ0n) is 35.8. The van der Waals surface area contributed by atoms with Gasteiger partial charge in [0.05, 0.1) is 35.5 Å². The molecule has 0 aliphatic carbocycles. The largest absolute Gasteiger partial charge is 0.493 e. The molecule has 0 amide bonds. The minimum Gasteiger partial charge on any atom is -0.493 e. The molecule has 2 N–H and O–H groups in total. The van der Waals surface area contributed by atoms with Gasteiger partial charge in [-0.2, -0.15) is 26.3 Å². The predicted molar refractivity (Wildman–Crippen MR) is 223 cm³/mol. The fraction of sp³-hybridized carbons (Fsp3) is 0.417. The second kappa shape index (κ2) is 18.6. The summed E-state index contributed by atoms with van der Waals surface area (Å²) in [4.78, 5) is 24.3. The van der Waals surface area contributed by atoms with Crippen LogP contribution in [0.5, 0.6) is 11.5 Å². The Hall–Kier alpha value is -5.34. The summed E-state index contributed by atoms with van der Waals surface area (Å²) < 4.78 is 107. The zero-order chi connectivity index (χ0) is 45.9. The predicted octanol–water partition coefficient (Wildman–Crippen LogP) is 12.5. The van der Waals surface area contributed by atoms with Crippen LogP contribution in [-0.4, -0.2) is 46.6 Å². The van der Waals surface area contributed by atoms with Gasteiger partial charge in [-0.15, -0.1) is 0 Å². The second-order valence-corrected chi connectivity index (χ2v) is 17.1. The third kappa shape index (κ3) is 11.2. The Balaban J connectivity index is 0.000000234. The van der Waals surface area contributed by atoms with E-state index in [-0.39, 0.29) is 16.7 Å². The van der Waals surface area contributed by atoms with Crippen molar-refractivity contribution < 1.29 is 65.1 Å². The highest BCUT2D eigenvalue weighted by molar-refractivity contribution is 5.86. The average molecular weight is 871 g/mol. The molecule has 14 heteroatoms. The monoisotopic (exact) mass is 870 g/mol. The number of rotatable bonds is 10. The van der Waals surface area contributed by atoms with Crippen molar-refractivity contribution in [2.24, 2.45) is 0 Å². The highest BCUT2D eigenvalue weighted by Crippen LogP contribution is 2.47. The molecule has 0 radical (unpaired) electrons. The molecule has 2 aliphatic heterocycles. The van der Waals surface area contributed by atoms with E-state index in [0.29, 0.717) is 53.4 Å². The molecule has 0 bridgehead atoms. The number of hydrogen-bond acceptors (Lipinski definition) is 6. The van der Waals surface area contributed by atoms with Crippen molar-refractivity contribution in [3.05, 3.63) is 112 Å². The van der Waals surface area contributed by atoms with Gasteiger partial charge >= 0.3 is 24.3 Å². The highest BCUT2D eigenvalue weighted by atomic mass is 19.4. The van der Waals surface area contributed by atoms with Crippen LogP contribution in [0.1, 0.15) is 118 Å². The number of ether oxygens (including phenoxy) is 4. The lowest BCUT2D eigenvalue weighted by molar-refractivity contribution is -0.164. The van der Waals surface area contributed by atoms with Gasteiger partial charge in [0.25, 0.3) is 0 Å².